The summed E-state index contributed by atoms with van der Waals surface area (Å²) in [6.07, 6.45) is 1.78. The van der Waals surface area contributed by atoms with Crippen LogP contribution in [0, 0.1) is 0 Å². The lowest BCUT2D eigenvalue weighted by atomic mass is 9.83. The predicted octanol–water partition coefficient (Wildman–Crippen LogP) is 2.77. The first-order chi connectivity index (χ1) is 11.6. The average Bonchev–Trinajstić information content (AvgIpc) is 2.60. The van der Waals surface area contributed by atoms with Crippen LogP contribution in [-0.2, 0) is 19.4 Å². The molecule has 0 saturated carbocycles. The van der Waals surface area contributed by atoms with E-state index in [1.165, 1.54) is 11.1 Å². The third-order valence-corrected chi connectivity index (χ3v) is 5.20. The van der Waals surface area contributed by atoms with Gasteiger partial charge in [0.2, 0.25) is 0 Å². The fourth-order valence-electron chi connectivity index (χ4n) is 3.94. The third-order valence-electron chi connectivity index (χ3n) is 5.20. The first-order valence-corrected chi connectivity index (χ1v) is 8.13. The van der Waals surface area contributed by atoms with Crippen molar-refractivity contribution in [3.05, 3.63) is 46.5 Å². The molecule has 5 nitrogen and oxygen atoms in total. The van der Waals surface area contributed by atoms with Gasteiger partial charge in [-0.1, -0.05) is 0 Å². The van der Waals surface area contributed by atoms with Crippen molar-refractivity contribution < 1.29 is 19.7 Å². The largest absolute Gasteiger partial charge is 0.504 e. The van der Waals surface area contributed by atoms with Gasteiger partial charge < -0.3 is 19.7 Å². The quantitative estimate of drug-likeness (QED) is 0.831. The molecule has 0 aliphatic carbocycles. The lowest BCUT2D eigenvalue weighted by Gasteiger charge is -2.41. The summed E-state index contributed by atoms with van der Waals surface area (Å²) in [7, 11) is 3.31. The Balaban J connectivity index is 1.77. The first kappa shape index (κ1) is 15.1. The summed E-state index contributed by atoms with van der Waals surface area (Å²) in [5.74, 6) is 1.42. The van der Waals surface area contributed by atoms with E-state index in [0.717, 1.165) is 48.6 Å². The van der Waals surface area contributed by atoms with Gasteiger partial charge in [-0.2, -0.15) is 0 Å². The molecule has 0 radical (unpaired) electrons. The molecule has 2 aliphatic rings. The van der Waals surface area contributed by atoms with Crippen molar-refractivity contribution in [1.29, 1.82) is 0 Å². The average molecular weight is 327 g/mol. The zero-order valence-corrected chi connectivity index (χ0v) is 13.9. The molecule has 2 aliphatic heterocycles. The zero-order chi connectivity index (χ0) is 16.8. The van der Waals surface area contributed by atoms with E-state index in [-0.39, 0.29) is 17.5 Å². The van der Waals surface area contributed by atoms with Gasteiger partial charge in [-0.25, -0.2) is 0 Å². The molecule has 0 amide bonds. The van der Waals surface area contributed by atoms with Gasteiger partial charge in [0.15, 0.2) is 23.0 Å². The van der Waals surface area contributed by atoms with Gasteiger partial charge in [-0.15, -0.1) is 0 Å². The van der Waals surface area contributed by atoms with Crippen molar-refractivity contribution in [2.24, 2.45) is 0 Å². The maximum absolute atomic E-state index is 9.82. The molecular formula is C19H21NO4. The van der Waals surface area contributed by atoms with E-state index in [4.69, 9.17) is 9.47 Å². The van der Waals surface area contributed by atoms with Crippen LogP contribution in [0.2, 0.25) is 0 Å². The van der Waals surface area contributed by atoms with Gasteiger partial charge in [-0.05, 0) is 59.4 Å². The monoisotopic (exact) mass is 327 g/mol. The molecule has 1 atom stereocenters. The number of phenolic OH excluding ortho intramolecular Hbond substituents is 2. The van der Waals surface area contributed by atoms with E-state index in [1.54, 1.807) is 26.4 Å². The molecule has 1 unspecified atom stereocenters. The second-order valence-corrected chi connectivity index (χ2v) is 6.46. The molecule has 0 spiro atoms. The van der Waals surface area contributed by atoms with E-state index in [2.05, 4.69) is 17.0 Å². The highest BCUT2D eigenvalue weighted by atomic mass is 16.5. The smallest absolute Gasteiger partial charge is 0.161 e. The number of hydrogen-bond acceptors (Lipinski definition) is 5. The molecule has 5 heteroatoms. The molecule has 0 saturated heterocycles. The van der Waals surface area contributed by atoms with Crippen LogP contribution in [0.25, 0.3) is 0 Å². The molecule has 126 valence electrons. The topological polar surface area (TPSA) is 62.2 Å². The number of hydrogen-bond donors (Lipinski definition) is 2. The van der Waals surface area contributed by atoms with Gasteiger partial charge in [0, 0.05) is 19.1 Å². The van der Waals surface area contributed by atoms with Crippen molar-refractivity contribution >= 4 is 0 Å². The summed E-state index contributed by atoms with van der Waals surface area (Å²) in [6, 6.07) is 7.79. The van der Waals surface area contributed by atoms with E-state index in [9.17, 15) is 10.2 Å². The van der Waals surface area contributed by atoms with Gasteiger partial charge in [0.1, 0.15) is 0 Å². The Bertz CT molecular complexity index is 802. The van der Waals surface area contributed by atoms with Crippen molar-refractivity contribution in [3.8, 4) is 23.0 Å². The lowest BCUT2D eigenvalue weighted by Crippen LogP contribution is -2.39. The van der Waals surface area contributed by atoms with Crippen molar-refractivity contribution in [2.45, 2.75) is 25.4 Å². The minimum absolute atomic E-state index is 0.0454. The van der Waals surface area contributed by atoms with Crippen LogP contribution in [0.15, 0.2) is 24.3 Å². The SMILES string of the molecule is COc1cc2c(cc1OC)C1Cc3cc(O)c(O)cc3CN1CC2. The van der Waals surface area contributed by atoms with Crippen molar-refractivity contribution in [2.75, 3.05) is 20.8 Å². The van der Waals surface area contributed by atoms with E-state index < -0.39 is 0 Å². The molecule has 2 aromatic carbocycles. The Morgan fingerprint density at radius 1 is 0.917 bits per heavy atom. The number of fused-ring (bicyclic) bond motifs is 4. The predicted molar refractivity (Wildman–Crippen MR) is 89.9 cm³/mol. The van der Waals surface area contributed by atoms with Gasteiger partial charge >= 0.3 is 0 Å². The van der Waals surface area contributed by atoms with Crippen LogP contribution in [0.1, 0.15) is 28.3 Å². The highest BCUT2D eigenvalue weighted by Crippen LogP contribution is 2.43. The van der Waals surface area contributed by atoms with Gasteiger partial charge in [-0.3, -0.25) is 4.90 Å². The van der Waals surface area contributed by atoms with E-state index >= 15 is 0 Å². The van der Waals surface area contributed by atoms with Crippen LogP contribution >= 0.6 is 0 Å². The van der Waals surface area contributed by atoms with E-state index in [1.807, 2.05) is 0 Å². The van der Waals surface area contributed by atoms with Crippen molar-refractivity contribution in [1.82, 2.24) is 4.90 Å². The van der Waals surface area contributed by atoms with E-state index in [0.29, 0.717) is 0 Å². The normalized spacial score (nSPS) is 19.2. The van der Waals surface area contributed by atoms with Gasteiger partial charge in [0.05, 0.1) is 14.2 Å². The Morgan fingerprint density at radius 3 is 2.29 bits per heavy atom. The van der Waals surface area contributed by atoms with Crippen LogP contribution in [0.4, 0.5) is 0 Å². The van der Waals surface area contributed by atoms with Crippen LogP contribution in [0.3, 0.4) is 0 Å². The summed E-state index contributed by atoms with van der Waals surface area (Å²) in [5.41, 5.74) is 4.73. The molecule has 4 rings (SSSR count). The first-order valence-electron chi connectivity index (χ1n) is 8.13. The summed E-state index contributed by atoms with van der Waals surface area (Å²) in [6.45, 7) is 1.75. The number of benzene rings is 2. The molecule has 2 aromatic rings. The third kappa shape index (κ3) is 2.27. The number of aromatic hydroxyl groups is 2. The molecule has 0 bridgehead atoms. The number of rotatable bonds is 2. The zero-order valence-electron chi connectivity index (χ0n) is 13.9. The van der Waals surface area contributed by atoms with Crippen LogP contribution in [-0.4, -0.2) is 35.9 Å². The Labute approximate surface area is 141 Å². The second kappa shape index (κ2) is 5.60. The number of ether oxygens (including phenoxy) is 2. The summed E-state index contributed by atoms with van der Waals surface area (Å²) >= 11 is 0. The standard InChI is InChI=1S/C19H21NO4/c1-23-18-8-11-3-4-20-10-13-7-17(22)16(21)6-12(13)5-15(20)14(11)9-19(18)24-2/h6-9,15,21-22H,3-5,10H2,1-2H3. The maximum atomic E-state index is 9.82. The fraction of sp³-hybridized carbons (Fsp3) is 0.368. The molecular weight excluding hydrogens is 306 g/mol. The molecule has 2 heterocycles. The fourth-order valence-corrected chi connectivity index (χ4v) is 3.94. The molecule has 0 aromatic heterocycles. The molecule has 0 fully saturated rings. The van der Waals surface area contributed by atoms with Gasteiger partial charge in [0.25, 0.3) is 0 Å². The Kier molecular flexibility index (Phi) is 3.53. The van der Waals surface area contributed by atoms with Crippen LogP contribution < -0.4 is 9.47 Å². The summed E-state index contributed by atoms with van der Waals surface area (Å²) in [5, 5.41) is 19.6. The highest BCUT2D eigenvalue weighted by Gasteiger charge is 2.33. The lowest BCUT2D eigenvalue weighted by molar-refractivity contribution is 0.160. The highest BCUT2D eigenvalue weighted by molar-refractivity contribution is 5.52. The summed E-state index contributed by atoms with van der Waals surface area (Å²) < 4.78 is 10.9. The molecule has 2 N–H and O–H groups in total. The number of phenols is 2. The minimum Gasteiger partial charge on any atom is -0.504 e. The molecule has 24 heavy (non-hydrogen) atoms. The second-order valence-electron chi connectivity index (χ2n) is 6.46. The number of methoxy groups -OCH3 is 2. The minimum atomic E-state index is -0.0504. The van der Waals surface area contributed by atoms with Crippen LogP contribution in [0.5, 0.6) is 23.0 Å². The Morgan fingerprint density at radius 2 is 1.58 bits per heavy atom. The van der Waals surface area contributed by atoms with Crippen molar-refractivity contribution in [3.63, 3.8) is 0 Å². The maximum Gasteiger partial charge on any atom is 0.161 e. The summed E-state index contributed by atoms with van der Waals surface area (Å²) in [4.78, 5) is 2.42. The number of nitrogens with zero attached hydrogens (tertiary/aromatic N) is 1. The Hall–Kier alpha value is -2.40.